The third-order valence-corrected chi connectivity index (χ3v) is 4.83. The van der Waals surface area contributed by atoms with E-state index in [2.05, 4.69) is 10.2 Å². The first-order valence-electron chi connectivity index (χ1n) is 9.09. The van der Waals surface area contributed by atoms with E-state index >= 15 is 0 Å². The molecule has 1 aromatic rings. The Morgan fingerprint density at radius 3 is 2.41 bits per heavy atom. The first-order chi connectivity index (χ1) is 12.5. The number of halogens is 1. The summed E-state index contributed by atoms with van der Waals surface area (Å²) >= 11 is 0. The van der Waals surface area contributed by atoms with Crippen LogP contribution in [0.4, 0.5) is 0 Å². The predicted octanol–water partition coefficient (Wildman–Crippen LogP) is 1.60. The number of rotatable bonds is 9. The van der Waals surface area contributed by atoms with E-state index in [-0.39, 0.29) is 30.9 Å². The van der Waals surface area contributed by atoms with Gasteiger partial charge in [-0.15, -0.1) is 12.4 Å². The normalized spacial score (nSPS) is 15.2. The summed E-state index contributed by atoms with van der Waals surface area (Å²) in [7, 11) is 1.63. The maximum absolute atomic E-state index is 12.2. The molecule has 27 heavy (non-hydrogen) atoms. The third-order valence-electron chi connectivity index (χ3n) is 4.83. The molecule has 1 aliphatic rings. The number of carbonyl (C=O) groups excluding carboxylic acids is 1. The highest BCUT2D eigenvalue weighted by atomic mass is 35.5. The van der Waals surface area contributed by atoms with Gasteiger partial charge in [-0.25, -0.2) is 0 Å². The summed E-state index contributed by atoms with van der Waals surface area (Å²) in [5.74, 6) is 0.0244. The minimum Gasteiger partial charge on any atom is -0.497 e. The number of methoxy groups -OCH3 is 1. The molecule has 2 N–H and O–H groups in total. The Balaban J connectivity index is 0.00000364. The fourth-order valence-corrected chi connectivity index (χ4v) is 3.32. The minimum absolute atomic E-state index is 0. The number of likely N-dealkylation sites (N-methyl/N-ethyl adjacent to an activating group) is 1. The molecule has 0 saturated carbocycles. The Morgan fingerprint density at radius 1 is 1.26 bits per heavy atom. The number of hydrogen-bond donors (Lipinski definition) is 2. The van der Waals surface area contributed by atoms with Gasteiger partial charge >= 0.3 is 5.97 Å². The van der Waals surface area contributed by atoms with Crippen molar-refractivity contribution >= 4 is 24.3 Å². The van der Waals surface area contributed by atoms with Crippen molar-refractivity contribution in [1.82, 2.24) is 15.1 Å². The van der Waals surface area contributed by atoms with Crippen LogP contribution in [0.15, 0.2) is 24.3 Å². The van der Waals surface area contributed by atoms with E-state index in [9.17, 15) is 9.59 Å². The van der Waals surface area contributed by atoms with Crippen molar-refractivity contribution in [2.24, 2.45) is 0 Å². The molecule has 0 aliphatic carbocycles. The van der Waals surface area contributed by atoms with E-state index < -0.39 is 5.97 Å². The summed E-state index contributed by atoms with van der Waals surface area (Å²) in [6.45, 7) is 5.33. The van der Waals surface area contributed by atoms with Crippen LogP contribution < -0.4 is 10.1 Å². The molecule has 152 valence electrons. The SMILES string of the molecule is CCN(CC(=O)O)C1CCN(CC(=O)NCc2ccc(OC)cc2)CC1.Cl. The molecule has 0 atom stereocenters. The lowest BCUT2D eigenvalue weighted by Crippen LogP contribution is -2.48. The van der Waals surface area contributed by atoms with Crippen LogP contribution in [-0.4, -0.2) is 72.7 Å². The largest absolute Gasteiger partial charge is 0.497 e. The molecule has 8 heteroatoms. The molecule has 0 aromatic heterocycles. The molecular weight excluding hydrogens is 370 g/mol. The standard InChI is InChI=1S/C19H29N3O4.ClH/c1-3-22(14-19(24)25)16-8-10-21(11-9-16)13-18(23)20-12-15-4-6-17(26-2)7-5-15;/h4-7,16H,3,8-14H2,1-2H3,(H,20,23)(H,24,25);1H. The molecule has 1 fully saturated rings. The zero-order chi connectivity index (χ0) is 18.9. The van der Waals surface area contributed by atoms with E-state index in [0.29, 0.717) is 13.1 Å². The molecule has 0 spiro atoms. The van der Waals surface area contributed by atoms with Crippen molar-refractivity contribution in [3.63, 3.8) is 0 Å². The number of carboxylic acids is 1. The van der Waals surface area contributed by atoms with Crippen molar-refractivity contribution in [2.75, 3.05) is 39.8 Å². The second-order valence-corrected chi connectivity index (χ2v) is 6.59. The van der Waals surface area contributed by atoms with Gasteiger partial charge in [0.05, 0.1) is 20.2 Å². The fourth-order valence-electron chi connectivity index (χ4n) is 3.32. The maximum Gasteiger partial charge on any atom is 0.317 e. The Bertz CT molecular complexity index is 589. The van der Waals surface area contributed by atoms with Crippen LogP contribution in [-0.2, 0) is 16.1 Å². The third kappa shape index (κ3) is 7.74. The second-order valence-electron chi connectivity index (χ2n) is 6.59. The van der Waals surface area contributed by atoms with Gasteiger partial charge in [0.2, 0.25) is 5.91 Å². The summed E-state index contributed by atoms with van der Waals surface area (Å²) < 4.78 is 5.12. The Kier molecular flexibility index (Phi) is 10.1. The molecule has 1 aromatic carbocycles. The van der Waals surface area contributed by atoms with Crippen molar-refractivity contribution in [3.05, 3.63) is 29.8 Å². The molecular formula is C19H30ClN3O4. The van der Waals surface area contributed by atoms with Gasteiger partial charge < -0.3 is 15.2 Å². The van der Waals surface area contributed by atoms with Gasteiger partial charge in [0.1, 0.15) is 5.75 Å². The number of aliphatic carboxylic acids is 1. The lowest BCUT2D eigenvalue weighted by atomic mass is 10.0. The van der Waals surface area contributed by atoms with E-state index in [0.717, 1.165) is 43.8 Å². The van der Waals surface area contributed by atoms with Gasteiger partial charge in [-0.1, -0.05) is 19.1 Å². The highest BCUT2D eigenvalue weighted by molar-refractivity contribution is 5.85. The Hall–Kier alpha value is -1.83. The van der Waals surface area contributed by atoms with Gasteiger partial charge in [0.15, 0.2) is 0 Å². The summed E-state index contributed by atoms with van der Waals surface area (Å²) in [6, 6.07) is 7.92. The number of benzene rings is 1. The van der Waals surface area contributed by atoms with Crippen molar-refractivity contribution < 1.29 is 19.4 Å². The monoisotopic (exact) mass is 399 g/mol. The topological polar surface area (TPSA) is 82.1 Å². The van der Waals surface area contributed by atoms with Crippen molar-refractivity contribution in [1.29, 1.82) is 0 Å². The Labute approximate surface area is 167 Å². The first-order valence-corrected chi connectivity index (χ1v) is 9.09. The summed E-state index contributed by atoms with van der Waals surface area (Å²) in [5.41, 5.74) is 1.03. The molecule has 2 rings (SSSR count). The molecule has 0 radical (unpaired) electrons. The zero-order valence-corrected chi connectivity index (χ0v) is 16.8. The second kappa shape index (κ2) is 11.8. The number of nitrogens with one attached hydrogen (secondary N) is 1. The Morgan fingerprint density at radius 2 is 1.89 bits per heavy atom. The average molecular weight is 400 g/mol. The van der Waals surface area contributed by atoms with Crippen LogP contribution in [0, 0.1) is 0 Å². The van der Waals surface area contributed by atoms with Gasteiger partial charge in [-0.3, -0.25) is 19.4 Å². The lowest BCUT2D eigenvalue weighted by molar-refractivity contribution is -0.139. The van der Waals surface area contributed by atoms with E-state index in [1.54, 1.807) is 7.11 Å². The molecule has 1 aliphatic heterocycles. The number of ether oxygens (including phenoxy) is 1. The summed E-state index contributed by atoms with van der Waals surface area (Å²) in [4.78, 5) is 27.2. The smallest absolute Gasteiger partial charge is 0.317 e. The lowest BCUT2D eigenvalue weighted by Gasteiger charge is -2.37. The number of nitrogens with zero attached hydrogens (tertiary/aromatic N) is 2. The van der Waals surface area contributed by atoms with E-state index in [1.165, 1.54) is 0 Å². The quantitative estimate of drug-likeness (QED) is 0.656. The number of amides is 1. The first kappa shape index (κ1) is 23.2. The van der Waals surface area contributed by atoms with Gasteiger partial charge in [0, 0.05) is 25.7 Å². The zero-order valence-electron chi connectivity index (χ0n) is 16.0. The van der Waals surface area contributed by atoms with Crippen LogP contribution in [0.3, 0.4) is 0 Å². The highest BCUT2D eigenvalue weighted by Gasteiger charge is 2.25. The van der Waals surface area contributed by atoms with Gasteiger partial charge in [-0.05, 0) is 37.1 Å². The van der Waals surface area contributed by atoms with E-state index in [4.69, 9.17) is 9.84 Å². The average Bonchev–Trinajstić information content (AvgIpc) is 2.65. The number of likely N-dealkylation sites (tertiary alicyclic amines) is 1. The maximum atomic E-state index is 12.2. The highest BCUT2D eigenvalue weighted by Crippen LogP contribution is 2.16. The summed E-state index contributed by atoms with van der Waals surface area (Å²) in [5, 5.41) is 11.9. The molecule has 0 unspecified atom stereocenters. The number of piperidine rings is 1. The van der Waals surface area contributed by atoms with Gasteiger partial charge in [-0.2, -0.15) is 0 Å². The molecule has 1 heterocycles. The fraction of sp³-hybridized carbons (Fsp3) is 0.579. The van der Waals surface area contributed by atoms with Crippen molar-refractivity contribution in [2.45, 2.75) is 32.4 Å². The van der Waals surface area contributed by atoms with Crippen molar-refractivity contribution in [3.8, 4) is 5.75 Å². The van der Waals surface area contributed by atoms with Crippen LogP contribution in [0.1, 0.15) is 25.3 Å². The van der Waals surface area contributed by atoms with E-state index in [1.807, 2.05) is 36.1 Å². The van der Waals surface area contributed by atoms with Crippen LogP contribution in [0.25, 0.3) is 0 Å². The number of carboxylic acid groups (broad SMARTS) is 1. The minimum atomic E-state index is -0.785. The predicted molar refractivity (Wildman–Crippen MR) is 106 cm³/mol. The summed E-state index contributed by atoms with van der Waals surface area (Å²) in [6.07, 6.45) is 1.79. The molecule has 1 amide bonds. The van der Waals surface area contributed by atoms with Crippen LogP contribution in [0.5, 0.6) is 5.75 Å². The molecule has 1 saturated heterocycles. The molecule has 0 bridgehead atoms. The van der Waals surface area contributed by atoms with Crippen LogP contribution >= 0.6 is 12.4 Å². The van der Waals surface area contributed by atoms with Crippen LogP contribution in [0.2, 0.25) is 0 Å². The molecule has 7 nitrogen and oxygen atoms in total. The number of carbonyl (C=O) groups is 2. The number of hydrogen-bond acceptors (Lipinski definition) is 5. The van der Waals surface area contributed by atoms with Gasteiger partial charge in [0.25, 0.3) is 0 Å².